The van der Waals surface area contributed by atoms with Crippen LogP contribution in [0, 0.1) is 0 Å². The van der Waals surface area contributed by atoms with E-state index in [1.54, 1.807) is 0 Å². The first kappa shape index (κ1) is 22.9. The second-order valence-corrected chi connectivity index (χ2v) is 6.83. The lowest BCUT2D eigenvalue weighted by Gasteiger charge is -2.24. The van der Waals surface area contributed by atoms with Crippen molar-refractivity contribution >= 4 is 11.9 Å². The Bertz CT molecular complexity index is 340. The average Bonchev–Trinajstić information content (AvgIpc) is 2.44. The lowest BCUT2D eigenvalue weighted by molar-refractivity contribution is -0.152. The summed E-state index contributed by atoms with van der Waals surface area (Å²) in [5.41, 5.74) is -0.636. The van der Waals surface area contributed by atoms with E-state index in [0.29, 0.717) is 26.1 Å². The molecule has 6 heteroatoms. The van der Waals surface area contributed by atoms with E-state index in [1.165, 1.54) is 0 Å². The highest BCUT2D eigenvalue weighted by molar-refractivity contribution is 5.77. The molecule has 0 aliphatic rings. The summed E-state index contributed by atoms with van der Waals surface area (Å²) in [7, 11) is 0. The van der Waals surface area contributed by atoms with E-state index >= 15 is 0 Å². The topological polar surface area (TPSA) is 71.1 Å². The van der Waals surface area contributed by atoms with Gasteiger partial charge in [-0.3, -0.25) is 9.59 Å². The molecule has 0 aliphatic heterocycles. The van der Waals surface area contributed by atoms with E-state index in [0.717, 1.165) is 0 Å². The Morgan fingerprint density at radius 1 is 0.708 bits per heavy atom. The summed E-state index contributed by atoms with van der Waals surface area (Å²) in [6.07, 6.45) is 1.29. The molecule has 6 nitrogen and oxygen atoms in total. The maximum absolute atomic E-state index is 11.6. The van der Waals surface area contributed by atoms with Crippen LogP contribution in [-0.2, 0) is 28.5 Å². The number of rotatable bonds is 13. The Balaban J connectivity index is 3.81. The molecule has 0 saturated carbocycles. The van der Waals surface area contributed by atoms with Gasteiger partial charge in [-0.15, -0.1) is 0 Å². The Hall–Kier alpha value is -1.14. The SMILES string of the molecule is CCOC(C)(C)CCOC(=O)CCC(=O)OCCC(C)(C)OCC. The fourth-order valence-electron chi connectivity index (χ4n) is 2.10. The van der Waals surface area contributed by atoms with Crippen molar-refractivity contribution in [1.82, 2.24) is 0 Å². The molecule has 142 valence electrons. The summed E-state index contributed by atoms with van der Waals surface area (Å²) in [5, 5.41) is 0. The van der Waals surface area contributed by atoms with Gasteiger partial charge in [0.15, 0.2) is 0 Å². The summed E-state index contributed by atoms with van der Waals surface area (Å²) in [4.78, 5) is 23.2. The van der Waals surface area contributed by atoms with Gasteiger partial charge in [0.2, 0.25) is 0 Å². The summed E-state index contributed by atoms with van der Waals surface area (Å²) in [6.45, 7) is 13.4. The molecule has 0 aromatic heterocycles. The van der Waals surface area contributed by atoms with Gasteiger partial charge in [0, 0.05) is 26.1 Å². The minimum Gasteiger partial charge on any atom is -0.466 e. The maximum Gasteiger partial charge on any atom is 0.306 e. The standard InChI is InChI=1S/C18H34O6/c1-7-23-17(3,4)11-13-21-15(19)9-10-16(20)22-14-12-18(5,6)24-8-2/h7-14H2,1-6H3. The largest absolute Gasteiger partial charge is 0.466 e. The smallest absolute Gasteiger partial charge is 0.306 e. The quantitative estimate of drug-likeness (QED) is 0.477. The van der Waals surface area contributed by atoms with Crippen LogP contribution in [0.25, 0.3) is 0 Å². The first-order valence-corrected chi connectivity index (χ1v) is 8.71. The average molecular weight is 346 g/mol. The van der Waals surface area contributed by atoms with Crippen molar-refractivity contribution in [3.63, 3.8) is 0 Å². The van der Waals surface area contributed by atoms with E-state index < -0.39 is 11.9 Å². The molecule has 0 aliphatic carbocycles. The first-order valence-electron chi connectivity index (χ1n) is 8.71. The van der Waals surface area contributed by atoms with Crippen LogP contribution in [-0.4, -0.2) is 49.6 Å². The molecule has 0 atom stereocenters. The number of hydrogen-bond donors (Lipinski definition) is 0. The Morgan fingerprint density at radius 3 is 1.33 bits per heavy atom. The maximum atomic E-state index is 11.6. The van der Waals surface area contributed by atoms with E-state index in [4.69, 9.17) is 18.9 Å². The fraction of sp³-hybridized carbons (Fsp3) is 0.889. The van der Waals surface area contributed by atoms with Gasteiger partial charge in [0.25, 0.3) is 0 Å². The molecule has 0 fully saturated rings. The zero-order valence-corrected chi connectivity index (χ0v) is 16.1. The van der Waals surface area contributed by atoms with Crippen LogP contribution in [0.15, 0.2) is 0 Å². The Kier molecular flexibility index (Phi) is 10.9. The number of esters is 2. The van der Waals surface area contributed by atoms with Crippen LogP contribution in [0.3, 0.4) is 0 Å². The molecule has 0 amide bonds. The zero-order chi connectivity index (χ0) is 18.6. The Labute approximate surface area is 146 Å². The number of hydrogen-bond acceptors (Lipinski definition) is 6. The molecule has 0 aromatic carbocycles. The lowest BCUT2D eigenvalue weighted by atomic mass is 10.1. The summed E-state index contributed by atoms with van der Waals surface area (Å²) < 4.78 is 21.3. The van der Waals surface area contributed by atoms with E-state index in [1.807, 2.05) is 41.5 Å². The van der Waals surface area contributed by atoms with Gasteiger partial charge >= 0.3 is 11.9 Å². The van der Waals surface area contributed by atoms with Crippen LogP contribution in [0.2, 0.25) is 0 Å². The zero-order valence-electron chi connectivity index (χ0n) is 16.1. The summed E-state index contributed by atoms with van der Waals surface area (Å²) in [5.74, 6) is -0.789. The van der Waals surface area contributed by atoms with Gasteiger partial charge in [-0.2, -0.15) is 0 Å². The van der Waals surface area contributed by atoms with Crippen LogP contribution in [0.5, 0.6) is 0 Å². The molecule has 0 unspecified atom stereocenters. The highest BCUT2D eigenvalue weighted by atomic mass is 16.5. The monoisotopic (exact) mass is 346 g/mol. The lowest BCUT2D eigenvalue weighted by Crippen LogP contribution is -2.27. The third-order valence-corrected chi connectivity index (χ3v) is 3.54. The van der Waals surface area contributed by atoms with Crippen LogP contribution >= 0.6 is 0 Å². The van der Waals surface area contributed by atoms with E-state index in [9.17, 15) is 9.59 Å². The molecule has 24 heavy (non-hydrogen) atoms. The van der Waals surface area contributed by atoms with Crippen molar-refractivity contribution in [3.05, 3.63) is 0 Å². The van der Waals surface area contributed by atoms with Gasteiger partial charge in [-0.25, -0.2) is 0 Å². The fourth-order valence-corrected chi connectivity index (χ4v) is 2.10. The van der Waals surface area contributed by atoms with Crippen molar-refractivity contribution in [1.29, 1.82) is 0 Å². The van der Waals surface area contributed by atoms with Crippen LogP contribution < -0.4 is 0 Å². The normalized spacial score (nSPS) is 12.1. The first-order chi connectivity index (χ1) is 11.1. The molecule has 0 bridgehead atoms. The summed E-state index contributed by atoms with van der Waals surface area (Å²) >= 11 is 0. The van der Waals surface area contributed by atoms with Gasteiger partial charge in [0.05, 0.1) is 37.3 Å². The minimum absolute atomic E-state index is 0.0305. The van der Waals surface area contributed by atoms with Crippen molar-refractivity contribution in [2.75, 3.05) is 26.4 Å². The number of carbonyl (C=O) groups is 2. The second-order valence-electron chi connectivity index (χ2n) is 6.83. The highest BCUT2D eigenvalue weighted by Gasteiger charge is 2.20. The molecular formula is C18H34O6. The third kappa shape index (κ3) is 12.3. The van der Waals surface area contributed by atoms with Crippen molar-refractivity contribution < 1.29 is 28.5 Å². The minimum atomic E-state index is -0.395. The van der Waals surface area contributed by atoms with Crippen molar-refractivity contribution in [2.45, 2.75) is 78.4 Å². The molecule has 0 aromatic rings. The van der Waals surface area contributed by atoms with Gasteiger partial charge in [0.1, 0.15) is 0 Å². The van der Waals surface area contributed by atoms with Gasteiger partial charge in [-0.05, 0) is 41.5 Å². The number of carbonyl (C=O) groups excluding carboxylic acids is 2. The molecule has 0 spiro atoms. The predicted molar refractivity (Wildman–Crippen MR) is 91.8 cm³/mol. The van der Waals surface area contributed by atoms with E-state index in [2.05, 4.69) is 0 Å². The van der Waals surface area contributed by atoms with Crippen molar-refractivity contribution in [2.24, 2.45) is 0 Å². The predicted octanol–water partition coefficient (Wildman–Crippen LogP) is 3.26. The molecule has 0 radical (unpaired) electrons. The van der Waals surface area contributed by atoms with Crippen molar-refractivity contribution in [3.8, 4) is 0 Å². The van der Waals surface area contributed by atoms with Gasteiger partial charge in [-0.1, -0.05) is 0 Å². The second kappa shape index (κ2) is 11.4. The highest BCUT2D eigenvalue weighted by Crippen LogP contribution is 2.15. The van der Waals surface area contributed by atoms with Gasteiger partial charge < -0.3 is 18.9 Å². The molecule has 0 rings (SSSR count). The molecule has 0 heterocycles. The molecular weight excluding hydrogens is 312 g/mol. The van der Waals surface area contributed by atoms with E-state index in [-0.39, 0.29) is 37.3 Å². The van der Waals surface area contributed by atoms with Crippen LogP contribution in [0.1, 0.15) is 67.2 Å². The third-order valence-electron chi connectivity index (χ3n) is 3.54. The molecule has 0 N–H and O–H groups in total. The Morgan fingerprint density at radius 2 is 1.04 bits per heavy atom. The van der Waals surface area contributed by atoms with Crippen LogP contribution in [0.4, 0.5) is 0 Å². The number of ether oxygens (including phenoxy) is 4. The summed E-state index contributed by atoms with van der Waals surface area (Å²) in [6, 6.07) is 0. The molecule has 0 saturated heterocycles.